The molecule has 1 nitrogen and oxygen atoms in total. The highest BCUT2D eigenvalue weighted by Crippen LogP contribution is 2.32. The van der Waals surface area contributed by atoms with Crippen molar-refractivity contribution < 1.29 is 4.74 Å². The number of ether oxygens (including phenoxy) is 1. The van der Waals surface area contributed by atoms with E-state index in [1.54, 1.807) is 7.11 Å². The van der Waals surface area contributed by atoms with E-state index in [-0.39, 0.29) is 0 Å². The average molecular weight is 222 g/mol. The van der Waals surface area contributed by atoms with Gasteiger partial charge in [0.1, 0.15) is 5.75 Å². The SMILES string of the molecule is C#Cc1ccc(C)cc1-c1ccccc1OC. The summed E-state index contributed by atoms with van der Waals surface area (Å²) in [6.45, 7) is 2.05. The van der Waals surface area contributed by atoms with E-state index < -0.39 is 0 Å². The van der Waals surface area contributed by atoms with Crippen molar-refractivity contribution in [3.8, 4) is 29.2 Å². The molecule has 0 unspecified atom stereocenters. The summed E-state index contributed by atoms with van der Waals surface area (Å²) in [6, 6.07) is 14.0. The number of para-hydroxylation sites is 1. The number of rotatable bonds is 2. The minimum atomic E-state index is 0.842. The van der Waals surface area contributed by atoms with Gasteiger partial charge in [0.15, 0.2) is 0 Å². The van der Waals surface area contributed by atoms with Gasteiger partial charge in [-0.1, -0.05) is 41.8 Å². The lowest BCUT2D eigenvalue weighted by atomic mass is 9.97. The molecule has 0 heterocycles. The minimum absolute atomic E-state index is 0.842. The van der Waals surface area contributed by atoms with Gasteiger partial charge in [-0.05, 0) is 19.1 Å². The van der Waals surface area contributed by atoms with E-state index >= 15 is 0 Å². The van der Waals surface area contributed by atoms with Gasteiger partial charge in [-0.2, -0.15) is 0 Å². The van der Waals surface area contributed by atoms with Crippen LogP contribution in [0.5, 0.6) is 5.75 Å². The van der Waals surface area contributed by atoms with Crippen LogP contribution in [0.15, 0.2) is 42.5 Å². The first-order chi connectivity index (χ1) is 8.26. The second-order valence-electron chi connectivity index (χ2n) is 3.89. The van der Waals surface area contributed by atoms with E-state index in [9.17, 15) is 0 Å². The van der Waals surface area contributed by atoms with Crippen LogP contribution in [0.1, 0.15) is 11.1 Å². The standard InChI is InChI=1S/C16H14O/c1-4-13-10-9-12(2)11-15(13)14-7-5-6-8-16(14)17-3/h1,5-11H,2-3H3. The fourth-order valence-corrected chi connectivity index (χ4v) is 1.87. The summed E-state index contributed by atoms with van der Waals surface area (Å²) < 4.78 is 5.37. The molecule has 0 radical (unpaired) electrons. The highest BCUT2D eigenvalue weighted by molar-refractivity contribution is 5.76. The van der Waals surface area contributed by atoms with Crippen LogP contribution in [0.3, 0.4) is 0 Å². The number of terminal acetylenes is 1. The Morgan fingerprint density at radius 3 is 2.53 bits per heavy atom. The summed E-state index contributed by atoms with van der Waals surface area (Å²) >= 11 is 0. The predicted molar refractivity (Wildman–Crippen MR) is 71.1 cm³/mol. The zero-order chi connectivity index (χ0) is 12.3. The third-order valence-electron chi connectivity index (χ3n) is 2.73. The largest absolute Gasteiger partial charge is 0.496 e. The van der Waals surface area contributed by atoms with Crippen LogP contribution in [-0.4, -0.2) is 7.11 Å². The molecule has 0 aliphatic carbocycles. The van der Waals surface area contributed by atoms with Crippen molar-refractivity contribution in [3.05, 3.63) is 53.6 Å². The van der Waals surface area contributed by atoms with E-state index in [2.05, 4.69) is 18.9 Å². The van der Waals surface area contributed by atoms with Gasteiger partial charge in [-0.15, -0.1) is 6.42 Å². The highest BCUT2D eigenvalue weighted by atomic mass is 16.5. The number of methoxy groups -OCH3 is 1. The number of benzene rings is 2. The highest BCUT2D eigenvalue weighted by Gasteiger charge is 2.08. The summed E-state index contributed by atoms with van der Waals surface area (Å²) in [5.74, 6) is 3.56. The molecule has 0 aliphatic rings. The Morgan fingerprint density at radius 1 is 1.06 bits per heavy atom. The van der Waals surface area contributed by atoms with Gasteiger partial charge >= 0.3 is 0 Å². The first kappa shape index (κ1) is 11.3. The van der Waals surface area contributed by atoms with Crippen LogP contribution < -0.4 is 4.74 Å². The summed E-state index contributed by atoms with van der Waals surface area (Å²) in [5.41, 5.74) is 4.15. The zero-order valence-electron chi connectivity index (χ0n) is 10.0. The maximum absolute atomic E-state index is 5.54. The summed E-state index contributed by atoms with van der Waals surface area (Å²) in [5, 5.41) is 0. The van der Waals surface area contributed by atoms with Crippen molar-refractivity contribution in [3.63, 3.8) is 0 Å². The maximum atomic E-state index is 5.54. The number of hydrogen-bond acceptors (Lipinski definition) is 1. The second kappa shape index (κ2) is 4.76. The van der Waals surface area contributed by atoms with Gasteiger partial charge < -0.3 is 4.74 Å². The lowest BCUT2D eigenvalue weighted by Crippen LogP contribution is -1.90. The van der Waals surface area contributed by atoms with Crippen LogP contribution in [-0.2, 0) is 0 Å². The van der Waals surface area contributed by atoms with E-state index in [1.165, 1.54) is 5.56 Å². The molecule has 0 aliphatic heterocycles. The molecular formula is C16H14O. The summed E-state index contributed by atoms with van der Waals surface area (Å²) in [6.07, 6.45) is 5.54. The molecule has 0 amide bonds. The molecule has 17 heavy (non-hydrogen) atoms. The number of aryl methyl sites for hydroxylation is 1. The molecule has 0 fully saturated rings. The molecule has 0 aromatic heterocycles. The van der Waals surface area contributed by atoms with Crippen LogP contribution in [0.2, 0.25) is 0 Å². The van der Waals surface area contributed by atoms with Crippen LogP contribution in [0.25, 0.3) is 11.1 Å². The topological polar surface area (TPSA) is 9.23 Å². The summed E-state index contributed by atoms with van der Waals surface area (Å²) in [4.78, 5) is 0. The normalized spacial score (nSPS) is 9.71. The Bertz CT molecular complexity index is 576. The minimum Gasteiger partial charge on any atom is -0.496 e. The number of hydrogen-bond donors (Lipinski definition) is 0. The van der Waals surface area contributed by atoms with Crippen LogP contribution >= 0.6 is 0 Å². The van der Waals surface area contributed by atoms with E-state index in [4.69, 9.17) is 11.2 Å². The molecule has 0 saturated carbocycles. The van der Waals surface area contributed by atoms with Crippen molar-refractivity contribution in [1.29, 1.82) is 0 Å². The Balaban J connectivity index is 2.68. The van der Waals surface area contributed by atoms with Crippen LogP contribution in [0.4, 0.5) is 0 Å². The van der Waals surface area contributed by atoms with Crippen molar-refractivity contribution in [1.82, 2.24) is 0 Å². The second-order valence-corrected chi connectivity index (χ2v) is 3.89. The van der Waals surface area contributed by atoms with Crippen molar-refractivity contribution in [2.75, 3.05) is 7.11 Å². The van der Waals surface area contributed by atoms with E-state index in [0.717, 1.165) is 22.4 Å². The van der Waals surface area contributed by atoms with Gasteiger partial charge in [0.25, 0.3) is 0 Å². The van der Waals surface area contributed by atoms with Gasteiger partial charge in [-0.3, -0.25) is 0 Å². The Morgan fingerprint density at radius 2 is 1.82 bits per heavy atom. The molecule has 0 N–H and O–H groups in total. The predicted octanol–water partition coefficient (Wildman–Crippen LogP) is 3.65. The lowest BCUT2D eigenvalue weighted by Gasteiger charge is -2.11. The zero-order valence-corrected chi connectivity index (χ0v) is 10.0. The van der Waals surface area contributed by atoms with Crippen molar-refractivity contribution in [2.45, 2.75) is 6.92 Å². The van der Waals surface area contributed by atoms with E-state index in [0.29, 0.717) is 0 Å². The van der Waals surface area contributed by atoms with Crippen LogP contribution in [0, 0.1) is 19.3 Å². The first-order valence-electron chi connectivity index (χ1n) is 5.47. The van der Waals surface area contributed by atoms with Gasteiger partial charge in [0.2, 0.25) is 0 Å². The van der Waals surface area contributed by atoms with Gasteiger partial charge in [0.05, 0.1) is 7.11 Å². The first-order valence-corrected chi connectivity index (χ1v) is 5.47. The monoisotopic (exact) mass is 222 g/mol. The summed E-state index contributed by atoms with van der Waals surface area (Å²) in [7, 11) is 1.67. The quantitative estimate of drug-likeness (QED) is 0.705. The molecule has 84 valence electrons. The molecule has 2 rings (SSSR count). The molecule has 1 heteroatoms. The third kappa shape index (κ3) is 2.16. The fourth-order valence-electron chi connectivity index (χ4n) is 1.87. The fraction of sp³-hybridized carbons (Fsp3) is 0.125. The smallest absolute Gasteiger partial charge is 0.126 e. The van der Waals surface area contributed by atoms with Crippen molar-refractivity contribution >= 4 is 0 Å². The average Bonchev–Trinajstić information content (AvgIpc) is 2.38. The molecular weight excluding hydrogens is 208 g/mol. The molecule has 2 aromatic rings. The Kier molecular flexibility index (Phi) is 3.16. The molecule has 2 aromatic carbocycles. The maximum Gasteiger partial charge on any atom is 0.126 e. The molecule has 0 bridgehead atoms. The Labute approximate surface area is 102 Å². The third-order valence-corrected chi connectivity index (χ3v) is 2.73. The van der Waals surface area contributed by atoms with Crippen molar-refractivity contribution in [2.24, 2.45) is 0 Å². The van der Waals surface area contributed by atoms with Gasteiger partial charge in [0, 0.05) is 16.7 Å². The van der Waals surface area contributed by atoms with E-state index in [1.807, 2.05) is 36.4 Å². The molecule has 0 atom stereocenters. The lowest BCUT2D eigenvalue weighted by molar-refractivity contribution is 0.416. The Hall–Kier alpha value is -2.20. The molecule has 0 saturated heterocycles. The van der Waals surface area contributed by atoms with Gasteiger partial charge in [-0.25, -0.2) is 0 Å². The molecule has 0 spiro atoms.